The number of alkyl halides is 3. The van der Waals surface area contributed by atoms with Gasteiger partial charge in [0.05, 0.1) is 11.3 Å². The Bertz CT molecular complexity index is 1030. The number of allylic oxidation sites excluding steroid dienone is 1. The van der Waals surface area contributed by atoms with Gasteiger partial charge in [-0.1, -0.05) is 24.8 Å². The van der Waals surface area contributed by atoms with Crippen molar-refractivity contribution in [1.82, 2.24) is 9.88 Å². The van der Waals surface area contributed by atoms with Crippen molar-refractivity contribution >= 4 is 27.8 Å². The van der Waals surface area contributed by atoms with Gasteiger partial charge in [0, 0.05) is 28.0 Å². The van der Waals surface area contributed by atoms with Gasteiger partial charge >= 0.3 is 6.18 Å². The van der Waals surface area contributed by atoms with E-state index in [2.05, 4.69) is 27.1 Å². The van der Waals surface area contributed by atoms with Crippen molar-refractivity contribution in [1.29, 1.82) is 0 Å². The molecule has 2 N–H and O–H groups in total. The first-order valence-corrected chi connectivity index (χ1v) is 10.7. The molecule has 1 heterocycles. The molecule has 0 amide bonds. The molecule has 0 aliphatic heterocycles. The first-order chi connectivity index (χ1) is 14.7. The molecule has 0 saturated carbocycles. The van der Waals surface area contributed by atoms with Gasteiger partial charge in [0.1, 0.15) is 0 Å². The van der Waals surface area contributed by atoms with Gasteiger partial charge in [-0.05, 0) is 63.8 Å². The van der Waals surface area contributed by atoms with Crippen LogP contribution in [0.2, 0.25) is 0 Å². The topological polar surface area (TPSA) is 40.2 Å². The van der Waals surface area contributed by atoms with Gasteiger partial charge in [-0.15, -0.1) is 11.3 Å². The minimum absolute atomic E-state index is 0.347. The lowest BCUT2D eigenvalue weighted by atomic mass is 10.1. The fraction of sp³-hybridized carbons (Fsp3) is 0.261. The van der Waals surface area contributed by atoms with Gasteiger partial charge in [0.15, 0.2) is 5.13 Å². The standard InChI is InChI=1S/C23H25F3N4S/c1-16(7-6-12-30(2)3)27-19-10-4-8-17(13-19)21-15-31-22(29-21)28-20-11-5-9-18(14-20)23(24,25)26/h4-5,8-11,13-15,27H,1,6-7,12H2,2-3H3,(H,28,29). The van der Waals surface area contributed by atoms with E-state index in [1.165, 1.54) is 17.4 Å². The zero-order chi connectivity index (χ0) is 22.4. The predicted molar refractivity (Wildman–Crippen MR) is 123 cm³/mol. The third-order valence-electron chi connectivity index (χ3n) is 4.51. The van der Waals surface area contributed by atoms with E-state index in [1.54, 1.807) is 6.07 Å². The van der Waals surface area contributed by atoms with Gasteiger partial charge in [-0.2, -0.15) is 13.2 Å². The van der Waals surface area contributed by atoms with Gasteiger partial charge < -0.3 is 15.5 Å². The predicted octanol–water partition coefficient (Wildman–Crippen LogP) is 6.84. The Morgan fingerprint density at radius 2 is 1.84 bits per heavy atom. The summed E-state index contributed by atoms with van der Waals surface area (Å²) in [6.45, 7) is 5.09. The Kier molecular flexibility index (Phi) is 7.35. The van der Waals surface area contributed by atoms with Gasteiger partial charge in [-0.25, -0.2) is 4.98 Å². The molecule has 31 heavy (non-hydrogen) atoms. The van der Waals surface area contributed by atoms with Gasteiger partial charge in [0.2, 0.25) is 0 Å². The van der Waals surface area contributed by atoms with Crippen LogP contribution in [-0.2, 0) is 6.18 Å². The highest BCUT2D eigenvalue weighted by Crippen LogP contribution is 2.33. The quantitative estimate of drug-likeness (QED) is 0.378. The summed E-state index contributed by atoms with van der Waals surface area (Å²) in [5, 5.41) is 8.70. The fourth-order valence-electron chi connectivity index (χ4n) is 2.99. The van der Waals surface area contributed by atoms with Crippen LogP contribution in [0.3, 0.4) is 0 Å². The SMILES string of the molecule is C=C(CCCN(C)C)Nc1cccc(-c2csc(Nc3cccc(C(F)(F)F)c3)n2)c1. The minimum Gasteiger partial charge on any atom is -0.359 e. The van der Waals surface area contributed by atoms with E-state index in [0.717, 1.165) is 54.2 Å². The van der Waals surface area contributed by atoms with Crippen molar-refractivity contribution in [3.05, 3.63) is 71.8 Å². The summed E-state index contributed by atoms with van der Waals surface area (Å²) in [6.07, 6.45) is -2.48. The molecule has 0 fully saturated rings. The second kappa shape index (κ2) is 9.98. The van der Waals surface area contributed by atoms with Crippen LogP contribution in [0.5, 0.6) is 0 Å². The number of nitrogens with one attached hydrogen (secondary N) is 2. The monoisotopic (exact) mass is 446 g/mol. The summed E-state index contributed by atoms with van der Waals surface area (Å²) in [4.78, 5) is 6.67. The van der Waals surface area contributed by atoms with Crippen molar-refractivity contribution < 1.29 is 13.2 Å². The lowest BCUT2D eigenvalue weighted by Crippen LogP contribution is -2.13. The molecule has 164 valence electrons. The Morgan fingerprint density at radius 3 is 2.58 bits per heavy atom. The first kappa shape index (κ1) is 22.8. The van der Waals surface area contributed by atoms with Crippen molar-refractivity contribution in [2.45, 2.75) is 19.0 Å². The zero-order valence-electron chi connectivity index (χ0n) is 17.5. The number of aromatic nitrogens is 1. The van der Waals surface area contributed by atoms with Crippen LogP contribution in [0, 0.1) is 0 Å². The second-order valence-electron chi connectivity index (χ2n) is 7.46. The highest BCUT2D eigenvalue weighted by atomic mass is 32.1. The molecule has 1 aromatic heterocycles. The van der Waals surface area contributed by atoms with Crippen LogP contribution < -0.4 is 10.6 Å². The van der Waals surface area contributed by atoms with E-state index in [-0.39, 0.29) is 0 Å². The fourth-order valence-corrected chi connectivity index (χ4v) is 3.73. The number of nitrogens with zero attached hydrogens (tertiary/aromatic N) is 2. The Balaban J connectivity index is 1.66. The molecule has 3 aromatic rings. The average molecular weight is 447 g/mol. The van der Waals surface area contributed by atoms with Crippen molar-refractivity contribution in [2.24, 2.45) is 0 Å². The van der Waals surface area contributed by atoms with Gasteiger partial charge in [-0.3, -0.25) is 0 Å². The zero-order valence-corrected chi connectivity index (χ0v) is 18.3. The minimum atomic E-state index is -4.38. The van der Waals surface area contributed by atoms with E-state index >= 15 is 0 Å². The maximum atomic E-state index is 12.9. The maximum Gasteiger partial charge on any atom is 0.416 e. The molecule has 0 atom stereocenters. The van der Waals surface area contributed by atoms with Crippen LogP contribution in [0.25, 0.3) is 11.3 Å². The Hall–Kier alpha value is -2.84. The number of thiazole rings is 1. The molecule has 0 aliphatic rings. The molecule has 0 saturated heterocycles. The largest absolute Gasteiger partial charge is 0.416 e. The maximum absolute atomic E-state index is 12.9. The molecule has 0 bridgehead atoms. The Labute approximate surface area is 184 Å². The third kappa shape index (κ3) is 6.83. The lowest BCUT2D eigenvalue weighted by Gasteiger charge is -2.13. The van der Waals surface area contributed by atoms with Crippen LogP contribution in [-0.4, -0.2) is 30.5 Å². The summed E-state index contributed by atoms with van der Waals surface area (Å²) in [5.74, 6) is 0. The van der Waals surface area contributed by atoms with E-state index in [4.69, 9.17) is 0 Å². The van der Waals surface area contributed by atoms with Crippen molar-refractivity contribution in [3.63, 3.8) is 0 Å². The molecule has 8 heteroatoms. The van der Waals surface area contributed by atoms with E-state index in [9.17, 15) is 13.2 Å². The normalized spacial score (nSPS) is 11.5. The van der Waals surface area contributed by atoms with E-state index in [1.807, 2.05) is 43.7 Å². The number of anilines is 3. The number of rotatable bonds is 9. The highest BCUT2D eigenvalue weighted by Gasteiger charge is 2.30. The van der Waals surface area contributed by atoms with Crippen LogP contribution in [0.1, 0.15) is 18.4 Å². The summed E-state index contributed by atoms with van der Waals surface area (Å²) in [6, 6.07) is 12.9. The van der Waals surface area contributed by atoms with Crippen LogP contribution >= 0.6 is 11.3 Å². The third-order valence-corrected chi connectivity index (χ3v) is 5.27. The molecule has 0 aliphatic carbocycles. The number of hydrogen-bond donors (Lipinski definition) is 2. The number of benzene rings is 2. The lowest BCUT2D eigenvalue weighted by molar-refractivity contribution is -0.137. The molecular weight excluding hydrogens is 421 g/mol. The second-order valence-corrected chi connectivity index (χ2v) is 8.32. The van der Waals surface area contributed by atoms with Crippen LogP contribution in [0.15, 0.2) is 66.2 Å². The molecule has 4 nitrogen and oxygen atoms in total. The van der Waals surface area contributed by atoms with Crippen molar-refractivity contribution in [2.75, 3.05) is 31.3 Å². The molecule has 2 aromatic carbocycles. The summed E-state index contributed by atoms with van der Waals surface area (Å²) < 4.78 is 38.7. The average Bonchev–Trinajstić information content (AvgIpc) is 3.16. The molecular formula is C23H25F3N4S. The number of halogens is 3. The van der Waals surface area contributed by atoms with E-state index < -0.39 is 11.7 Å². The van der Waals surface area contributed by atoms with Crippen LogP contribution in [0.4, 0.5) is 29.7 Å². The summed E-state index contributed by atoms with van der Waals surface area (Å²) in [7, 11) is 4.09. The highest BCUT2D eigenvalue weighted by molar-refractivity contribution is 7.14. The molecule has 0 unspecified atom stereocenters. The van der Waals surface area contributed by atoms with Gasteiger partial charge in [0.25, 0.3) is 0 Å². The Morgan fingerprint density at radius 1 is 1.10 bits per heavy atom. The number of hydrogen-bond acceptors (Lipinski definition) is 5. The summed E-state index contributed by atoms with van der Waals surface area (Å²) >= 11 is 1.34. The van der Waals surface area contributed by atoms with Crippen molar-refractivity contribution in [3.8, 4) is 11.3 Å². The first-order valence-electron chi connectivity index (χ1n) is 9.80. The molecule has 3 rings (SSSR count). The molecule has 0 spiro atoms. The summed E-state index contributed by atoms with van der Waals surface area (Å²) in [5.41, 5.74) is 3.19. The smallest absolute Gasteiger partial charge is 0.359 e. The molecule has 0 radical (unpaired) electrons. The van der Waals surface area contributed by atoms with E-state index in [0.29, 0.717) is 10.8 Å².